The Morgan fingerprint density at radius 2 is 1.97 bits per heavy atom. The van der Waals surface area contributed by atoms with Crippen LogP contribution >= 0.6 is 11.3 Å². The van der Waals surface area contributed by atoms with E-state index in [0.29, 0.717) is 5.56 Å². The summed E-state index contributed by atoms with van der Waals surface area (Å²) in [5, 5.41) is 15.3. The number of benzene rings is 2. The highest BCUT2D eigenvalue weighted by molar-refractivity contribution is 7.22. The second kappa shape index (κ2) is 9.07. The maximum Gasteiger partial charge on any atom is 0.126 e. The Labute approximate surface area is 197 Å². The van der Waals surface area contributed by atoms with Gasteiger partial charge in [0.2, 0.25) is 0 Å². The quantitative estimate of drug-likeness (QED) is 0.282. The minimum absolute atomic E-state index is 0.538. The molecule has 0 atom stereocenters. The largest absolute Gasteiger partial charge is 0.361 e. The van der Waals surface area contributed by atoms with Gasteiger partial charge in [0.15, 0.2) is 0 Å². The van der Waals surface area contributed by atoms with Crippen LogP contribution < -0.4 is 5.32 Å². The maximum atomic E-state index is 9.75. The molecule has 164 valence electrons. The molecule has 0 bridgehead atoms. The molecule has 5 aromatic rings. The van der Waals surface area contributed by atoms with E-state index < -0.39 is 0 Å². The smallest absolute Gasteiger partial charge is 0.126 e. The normalized spacial score (nSPS) is 11.3. The monoisotopic (exact) mass is 451 g/mol. The molecular weight excluding hydrogens is 426 g/mol. The number of thiophene rings is 1. The van der Waals surface area contributed by atoms with Crippen molar-refractivity contribution in [1.82, 2.24) is 14.9 Å². The summed E-state index contributed by atoms with van der Waals surface area (Å²) in [6.45, 7) is 7.40. The zero-order chi connectivity index (χ0) is 22.8. The molecular formula is C27H25N5S. The number of aromatic nitrogens is 2. The molecule has 6 heteroatoms. The predicted octanol–water partition coefficient (Wildman–Crippen LogP) is 6.90. The zero-order valence-electron chi connectivity index (χ0n) is 18.7. The number of hydrogen-bond donors (Lipinski definition) is 2. The van der Waals surface area contributed by atoms with Crippen LogP contribution in [-0.4, -0.2) is 28.0 Å². The van der Waals surface area contributed by atoms with Gasteiger partial charge >= 0.3 is 0 Å². The molecule has 5 nitrogen and oxygen atoms in total. The van der Waals surface area contributed by atoms with Gasteiger partial charge in [-0.2, -0.15) is 5.26 Å². The van der Waals surface area contributed by atoms with Gasteiger partial charge in [0, 0.05) is 45.8 Å². The molecule has 2 N–H and O–H groups in total. The lowest BCUT2D eigenvalue weighted by atomic mass is 10.1. The van der Waals surface area contributed by atoms with E-state index >= 15 is 0 Å². The minimum Gasteiger partial charge on any atom is -0.361 e. The standard InChI is InChI=1S/C27H25N5S/c1-3-32(4-2)17-18-6-5-7-20(12-18)25-14-23-26(21(15-28)16-30-27(23)33-25)31-22-8-9-24-19(13-22)10-11-29-24/h5-14,16,29H,3-4,17H2,1-2H3,(H,30,31). The van der Waals surface area contributed by atoms with Gasteiger partial charge in [-0.1, -0.05) is 32.0 Å². The Kier molecular flexibility index (Phi) is 5.82. The first kappa shape index (κ1) is 21.2. The van der Waals surface area contributed by atoms with Crippen molar-refractivity contribution >= 4 is 43.8 Å². The lowest BCUT2D eigenvalue weighted by Gasteiger charge is -2.18. The Hall–Kier alpha value is -3.66. The van der Waals surface area contributed by atoms with Crippen LogP contribution in [0.4, 0.5) is 11.4 Å². The Balaban J connectivity index is 1.54. The minimum atomic E-state index is 0.538. The fraction of sp³-hybridized carbons (Fsp3) is 0.185. The number of pyridine rings is 1. The molecule has 0 unspecified atom stereocenters. The number of anilines is 2. The fourth-order valence-corrected chi connectivity index (χ4v) is 5.16. The number of nitrogens with zero attached hydrogens (tertiary/aromatic N) is 3. The van der Waals surface area contributed by atoms with Crippen molar-refractivity contribution in [3.63, 3.8) is 0 Å². The van der Waals surface area contributed by atoms with Gasteiger partial charge in [-0.3, -0.25) is 4.90 Å². The van der Waals surface area contributed by atoms with Crippen LogP contribution in [0.2, 0.25) is 0 Å². The molecule has 3 aromatic heterocycles. The molecule has 0 aliphatic rings. The van der Waals surface area contributed by atoms with Gasteiger partial charge < -0.3 is 10.3 Å². The van der Waals surface area contributed by atoms with Crippen LogP contribution in [0.25, 0.3) is 31.6 Å². The highest BCUT2D eigenvalue weighted by atomic mass is 32.1. The van der Waals surface area contributed by atoms with Crippen molar-refractivity contribution in [3.05, 3.63) is 78.1 Å². The van der Waals surface area contributed by atoms with E-state index in [2.05, 4.69) is 76.5 Å². The molecule has 0 radical (unpaired) electrons. The van der Waals surface area contributed by atoms with E-state index in [-0.39, 0.29) is 0 Å². The highest BCUT2D eigenvalue weighted by Crippen LogP contribution is 2.38. The van der Waals surface area contributed by atoms with E-state index in [1.165, 1.54) is 11.1 Å². The van der Waals surface area contributed by atoms with Crippen molar-refractivity contribution in [1.29, 1.82) is 5.26 Å². The molecule has 0 aliphatic heterocycles. The predicted molar refractivity (Wildman–Crippen MR) is 138 cm³/mol. The van der Waals surface area contributed by atoms with E-state index in [1.54, 1.807) is 17.5 Å². The zero-order valence-corrected chi connectivity index (χ0v) is 19.5. The average Bonchev–Trinajstić information content (AvgIpc) is 3.50. The maximum absolute atomic E-state index is 9.75. The first-order chi connectivity index (χ1) is 16.2. The molecule has 0 saturated heterocycles. The number of nitrogens with one attached hydrogen (secondary N) is 2. The number of aromatic amines is 1. The van der Waals surface area contributed by atoms with Crippen molar-refractivity contribution < 1.29 is 0 Å². The molecule has 0 spiro atoms. The third kappa shape index (κ3) is 4.21. The molecule has 0 fully saturated rings. The summed E-state index contributed by atoms with van der Waals surface area (Å²) in [4.78, 5) is 12.3. The van der Waals surface area contributed by atoms with Gasteiger partial charge in [-0.15, -0.1) is 11.3 Å². The average molecular weight is 452 g/mol. The molecule has 0 saturated carbocycles. The number of fused-ring (bicyclic) bond motifs is 2. The Bertz CT molecular complexity index is 1470. The van der Waals surface area contributed by atoms with Gasteiger partial charge in [-0.25, -0.2) is 4.98 Å². The second-order valence-corrected chi connectivity index (χ2v) is 9.09. The summed E-state index contributed by atoms with van der Waals surface area (Å²) >= 11 is 1.66. The Morgan fingerprint density at radius 3 is 2.79 bits per heavy atom. The molecule has 33 heavy (non-hydrogen) atoms. The van der Waals surface area contributed by atoms with Crippen LogP contribution in [-0.2, 0) is 6.54 Å². The Morgan fingerprint density at radius 1 is 1.09 bits per heavy atom. The molecule has 0 amide bonds. The van der Waals surface area contributed by atoms with Crippen LogP contribution in [0.15, 0.2) is 67.0 Å². The van der Waals surface area contributed by atoms with Gasteiger partial charge in [0.25, 0.3) is 0 Å². The SMILES string of the molecule is CCN(CC)Cc1cccc(-c2cc3c(Nc4ccc5[nH]ccc5c4)c(C#N)cnc3s2)c1. The lowest BCUT2D eigenvalue weighted by molar-refractivity contribution is 0.296. The summed E-state index contributed by atoms with van der Waals surface area (Å²) in [6, 6.07) is 21.4. The highest BCUT2D eigenvalue weighted by Gasteiger charge is 2.14. The van der Waals surface area contributed by atoms with Gasteiger partial charge in [0.05, 0.1) is 11.3 Å². The number of rotatable bonds is 7. The summed E-state index contributed by atoms with van der Waals surface area (Å²) in [6.07, 6.45) is 3.59. The molecule has 2 aromatic carbocycles. The van der Waals surface area contributed by atoms with E-state index in [0.717, 1.165) is 57.0 Å². The summed E-state index contributed by atoms with van der Waals surface area (Å²) in [5.74, 6) is 0. The third-order valence-corrected chi connectivity index (χ3v) is 7.11. The summed E-state index contributed by atoms with van der Waals surface area (Å²) < 4.78 is 0. The van der Waals surface area contributed by atoms with Crippen molar-refractivity contribution in [2.45, 2.75) is 20.4 Å². The summed E-state index contributed by atoms with van der Waals surface area (Å²) in [5.41, 5.74) is 5.86. The van der Waals surface area contributed by atoms with E-state index in [1.807, 2.05) is 24.4 Å². The van der Waals surface area contributed by atoms with Crippen molar-refractivity contribution in [2.75, 3.05) is 18.4 Å². The first-order valence-corrected chi connectivity index (χ1v) is 12.0. The van der Waals surface area contributed by atoms with E-state index in [9.17, 15) is 5.26 Å². The topological polar surface area (TPSA) is 67.7 Å². The van der Waals surface area contributed by atoms with E-state index in [4.69, 9.17) is 0 Å². The first-order valence-electron chi connectivity index (χ1n) is 11.2. The lowest BCUT2D eigenvalue weighted by Crippen LogP contribution is -2.22. The van der Waals surface area contributed by atoms with Gasteiger partial charge in [-0.05, 0) is 60.6 Å². The number of H-pyrrole nitrogens is 1. The van der Waals surface area contributed by atoms with Crippen LogP contribution in [0.3, 0.4) is 0 Å². The second-order valence-electron chi connectivity index (χ2n) is 8.05. The third-order valence-electron chi connectivity index (χ3n) is 6.02. The number of hydrogen-bond acceptors (Lipinski definition) is 5. The van der Waals surface area contributed by atoms with Crippen LogP contribution in [0.1, 0.15) is 25.0 Å². The molecule has 0 aliphatic carbocycles. The van der Waals surface area contributed by atoms with Crippen molar-refractivity contribution in [3.8, 4) is 16.5 Å². The van der Waals surface area contributed by atoms with Crippen molar-refractivity contribution in [2.24, 2.45) is 0 Å². The molecule has 3 heterocycles. The summed E-state index contributed by atoms with van der Waals surface area (Å²) in [7, 11) is 0. The molecule has 5 rings (SSSR count). The fourth-order valence-electron chi connectivity index (χ4n) is 4.15. The van der Waals surface area contributed by atoms with Crippen LogP contribution in [0.5, 0.6) is 0 Å². The van der Waals surface area contributed by atoms with Gasteiger partial charge in [0.1, 0.15) is 10.9 Å². The van der Waals surface area contributed by atoms with Crippen LogP contribution in [0, 0.1) is 11.3 Å². The number of nitriles is 1.